The highest BCUT2D eigenvalue weighted by Crippen LogP contribution is 2.07. The lowest BCUT2D eigenvalue weighted by Crippen LogP contribution is -2.03. The fourth-order valence-corrected chi connectivity index (χ4v) is 1.42. The molecule has 1 aromatic heterocycles. The third-order valence-electron chi connectivity index (χ3n) is 2.17. The van der Waals surface area contributed by atoms with E-state index in [1.165, 1.54) is 12.4 Å². The van der Waals surface area contributed by atoms with Gasteiger partial charge in [0.05, 0.1) is 0 Å². The number of rotatable bonds is 3. The van der Waals surface area contributed by atoms with E-state index in [1.54, 1.807) is 0 Å². The van der Waals surface area contributed by atoms with Crippen LogP contribution >= 0.6 is 0 Å². The van der Waals surface area contributed by atoms with E-state index >= 15 is 0 Å². The molecule has 1 aromatic carbocycles. The van der Waals surface area contributed by atoms with Gasteiger partial charge >= 0.3 is 5.97 Å². The average molecular weight is 214 g/mol. The molecular formula is C12H10N2O2. The topological polar surface area (TPSA) is 63.1 Å². The van der Waals surface area contributed by atoms with Crippen molar-refractivity contribution < 1.29 is 9.90 Å². The number of carboxylic acid groups (broad SMARTS) is 1. The number of carbonyl (C=O) groups is 1. The van der Waals surface area contributed by atoms with Gasteiger partial charge in [-0.15, -0.1) is 0 Å². The molecule has 0 saturated carbocycles. The Bertz CT molecular complexity index is 497. The molecule has 1 heterocycles. The molecule has 1 N–H and O–H groups in total. The van der Waals surface area contributed by atoms with Crippen molar-refractivity contribution in [1.29, 1.82) is 0 Å². The number of benzene rings is 1. The molecule has 2 aromatic rings. The van der Waals surface area contributed by atoms with E-state index < -0.39 is 5.97 Å². The first kappa shape index (κ1) is 10.3. The van der Waals surface area contributed by atoms with E-state index in [0.29, 0.717) is 12.1 Å². The summed E-state index contributed by atoms with van der Waals surface area (Å²) in [7, 11) is 0. The van der Waals surface area contributed by atoms with Crippen LogP contribution in [0.25, 0.3) is 0 Å². The van der Waals surface area contributed by atoms with Crippen molar-refractivity contribution in [1.82, 2.24) is 9.97 Å². The normalized spacial score (nSPS) is 10.0. The minimum atomic E-state index is -1.03. The largest absolute Gasteiger partial charge is 0.477 e. The van der Waals surface area contributed by atoms with Crippen LogP contribution in [0.1, 0.15) is 21.7 Å². The van der Waals surface area contributed by atoms with Crippen molar-refractivity contribution in [2.24, 2.45) is 0 Å². The number of aromatic carboxylic acids is 1. The van der Waals surface area contributed by atoms with Gasteiger partial charge in [0.2, 0.25) is 0 Å². The standard InChI is InChI=1S/C12H10N2O2/c15-12(16)11-7-10(13-8-14-11)6-9-4-2-1-3-5-9/h1-5,7-8H,6H2,(H,15,16). The van der Waals surface area contributed by atoms with Gasteiger partial charge in [0.25, 0.3) is 0 Å². The highest BCUT2D eigenvalue weighted by atomic mass is 16.4. The predicted octanol–water partition coefficient (Wildman–Crippen LogP) is 1.77. The first-order chi connectivity index (χ1) is 7.75. The third-order valence-corrected chi connectivity index (χ3v) is 2.17. The fourth-order valence-electron chi connectivity index (χ4n) is 1.42. The maximum atomic E-state index is 10.7. The maximum Gasteiger partial charge on any atom is 0.354 e. The summed E-state index contributed by atoms with van der Waals surface area (Å²) >= 11 is 0. The molecule has 0 atom stereocenters. The van der Waals surface area contributed by atoms with E-state index in [0.717, 1.165) is 5.56 Å². The molecule has 4 heteroatoms. The lowest BCUT2D eigenvalue weighted by Gasteiger charge is -2.01. The summed E-state index contributed by atoms with van der Waals surface area (Å²) in [5.41, 5.74) is 1.83. The summed E-state index contributed by atoms with van der Waals surface area (Å²) in [6.45, 7) is 0. The highest BCUT2D eigenvalue weighted by molar-refractivity contribution is 5.85. The van der Waals surface area contributed by atoms with Gasteiger partial charge in [0, 0.05) is 12.1 Å². The van der Waals surface area contributed by atoms with Crippen molar-refractivity contribution in [3.05, 3.63) is 59.7 Å². The molecule has 0 radical (unpaired) electrons. The van der Waals surface area contributed by atoms with Crippen LogP contribution in [0.4, 0.5) is 0 Å². The Morgan fingerprint density at radius 3 is 2.62 bits per heavy atom. The van der Waals surface area contributed by atoms with Gasteiger partial charge in [0.15, 0.2) is 5.69 Å². The zero-order valence-electron chi connectivity index (χ0n) is 8.50. The summed E-state index contributed by atoms with van der Waals surface area (Å²) in [6.07, 6.45) is 1.89. The van der Waals surface area contributed by atoms with Gasteiger partial charge in [-0.1, -0.05) is 30.3 Å². The number of nitrogens with zero attached hydrogens (tertiary/aromatic N) is 2. The second-order valence-electron chi connectivity index (χ2n) is 3.36. The maximum absolute atomic E-state index is 10.7. The lowest BCUT2D eigenvalue weighted by atomic mass is 10.1. The van der Waals surface area contributed by atoms with E-state index in [-0.39, 0.29) is 5.69 Å². The van der Waals surface area contributed by atoms with Crippen LogP contribution < -0.4 is 0 Å². The van der Waals surface area contributed by atoms with Crippen molar-refractivity contribution >= 4 is 5.97 Å². The molecule has 0 unspecified atom stereocenters. The van der Waals surface area contributed by atoms with Gasteiger partial charge in [0.1, 0.15) is 6.33 Å². The summed E-state index contributed by atoms with van der Waals surface area (Å²) in [4.78, 5) is 18.4. The monoisotopic (exact) mass is 214 g/mol. The Hall–Kier alpha value is -2.23. The fraction of sp³-hybridized carbons (Fsp3) is 0.0833. The van der Waals surface area contributed by atoms with Crippen LogP contribution in [-0.2, 0) is 6.42 Å². The third kappa shape index (κ3) is 2.42. The van der Waals surface area contributed by atoms with Crippen LogP contribution in [0.5, 0.6) is 0 Å². The molecule has 0 aliphatic rings. The first-order valence-corrected chi connectivity index (χ1v) is 4.84. The quantitative estimate of drug-likeness (QED) is 0.845. The van der Waals surface area contributed by atoms with Crippen molar-refractivity contribution in [2.75, 3.05) is 0 Å². The Balaban J connectivity index is 2.22. The molecule has 0 amide bonds. The summed E-state index contributed by atoms with van der Waals surface area (Å²) in [5, 5.41) is 8.79. The Kier molecular flexibility index (Phi) is 2.91. The molecule has 0 aliphatic carbocycles. The van der Waals surface area contributed by atoms with Crippen LogP contribution in [-0.4, -0.2) is 21.0 Å². The van der Waals surface area contributed by atoms with Crippen LogP contribution in [0.2, 0.25) is 0 Å². The van der Waals surface area contributed by atoms with Gasteiger partial charge < -0.3 is 5.11 Å². The molecular weight excluding hydrogens is 204 g/mol. The molecule has 16 heavy (non-hydrogen) atoms. The van der Waals surface area contributed by atoms with E-state index in [9.17, 15) is 4.79 Å². The summed E-state index contributed by atoms with van der Waals surface area (Å²) < 4.78 is 0. The minimum absolute atomic E-state index is 0.0286. The lowest BCUT2D eigenvalue weighted by molar-refractivity contribution is 0.0690. The number of hydrogen-bond acceptors (Lipinski definition) is 3. The Labute approximate surface area is 92.6 Å². The van der Waals surface area contributed by atoms with E-state index in [2.05, 4.69) is 9.97 Å². The molecule has 0 bridgehead atoms. The van der Waals surface area contributed by atoms with Gasteiger partial charge in [-0.05, 0) is 11.6 Å². The molecule has 0 aliphatic heterocycles. The molecule has 4 nitrogen and oxygen atoms in total. The minimum Gasteiger partial charge on any atom is -0.477 e. The average Bonchev–Trinajstić information content (AvgIpc) is 2.30. The van der Waals surface area contributed by atoms with Crippen LogP contribution in [0.15, 0.2) is 42.7 Å². The molecule has 0 spiro atoms. The van der Waals surface area contributed by atoms with Crippen LogP contribution in [0, 0.1) is 0 Å². The number of carboxylic acids is 1. The molecule has 80 valence electrons. The molecule has 2 rings (SSSR count). The Morgan fingerprint density at radius 1 is 1.19 bits per heavy atom. The molecule has 0 saturated heterocycles. The second-order valence-corrected chi connectivity index (χ2v) is 3.36. The van der Waals surface area contributed by atoms with E-state index in [1.807, 2.05) is 30.3 Å². The zero-order valence-corrected chi connectivity index (χ0v) is 8.50. The smallest absolute Gasteiger partial charge is 0.354 e. The van der Waals surface area contributed by atoms with Crippen molar-refractivity contribution in [3.63, 3.8) is 0 Å². The van der Waals surface area contributed by atoms with Gasteiger partial charge in [-0.3, -0.25) is 0 Å². The van der Waals surface area contributed by atoms with Gasteiger partial charge in [-0.2, -0.15) is 0 Å². The number of aromatic nitrogens is 2. The summed E-state index contributed by atoms with van der Waals surface area (Å²) in [6, 6.07) is 11.3. The van der Waals surface area contributed by atoms with Crippen molar-refractivity contribution in [2.45, 2.75) is 6.42 Å². The predicted molar refractivity (Wildman–Crippen MR) is 58.2 cm³/mol. The van der Waals surface area contributed by atoms with E-state index in [4.69, 9.17) is 5.11 Å². The van der Waals surface area contributed by atoms with Gasteiger partial charge in [-0.25, -0.2) is 14.8 Å². The highest BCUT2D eigenvalue weighted by Gasteiger charge is 2.06. The second kappa shape index (κ2) is 4.53. The SMILES string of the molecule is O=C(O)c1cc(Cc2ccccc2)ncn1. The summed E-state index contributed by atoms with van der Waals surface area (Å²) in [5.74, 6) is -1.03. The van der Waals surface area contributed by atoms with Crippen molar-refractivity contribution in [3.8, 4) is 0 Å². The Morgan fingerprint density at radius 2 is 1.94 bits per heavy atom. The number of hydrogen-bond donors (Lipinski definition) is 1. The zero-order chi connectivity index (χ0) is 11.4. The first-order valence-electron chi connectivity index (χ1n) is 4.84. The molecule has 0 fully saturated rings. The van der Waals surface area contributed by atoms with Crippen LogP contribution in [0.3, 0.4) is 0 Å².